The number of nitrogens with zero attached hydrogens (tertiary/aromatic N) is 1. The highest BCUT2D eigenvalue weighted by Gasteiger charge is 2.38. The number of carbonyl (C=O) groups excluding carboxylic acids is 1. The van der Waals surface area contributed by atoms with Crippen LogP contribution in [0.5, 0.6) is 0 Å². The van der Waals surface area contributed by atoms with E-state index in [0.29, 0.717) is 13.1 Å². The van der Waals surface area contributed by atoms with Gasteiger partial charge >= 0.3 is 6.16 Å². The number of carboxylic acid groups (broad SMARTS) is 1. The molecule has 1 heterocycles. The molecule has 0 radical (unpaired) electrons. The number of ether oxygens (including phenoxy) is 1. The van der Waals surface area contributed by atoms with Gasteiger partial charge in [-0.3, -0.25) is 9.69 Å². The number of ketones is 1. The van der Waals surface area contributed by atoms with Gasteiger partial charge in [-0.05, 0) is 18.6 Å². The lowest BCUT2D eigenvalue weighted by Crippen LogP contribution is -2.51. The molecular formula is C10H11NO5. The predicted molar refractivity (Wildman–Crippen MR) is 52.9 cm³/mol. The molecule has 1 saturated heterocycles. The van der Waals surface area contributed by atoms with E-state index in [9.17, 15) is 14.7 Å². The van der Waals surface area contributed by atoms with Crippen LogP contribution in [-0.4, -0.2) is 46.2 Å². The highest BCUT2D eigenvalue weighted by atomic mass is 16.7. The van der Waals surface area contributed by atoms with E-state index in [4.69, 9.17) is 5.11 Å². The molecule has 16 heavy (non-hydrogen) atoms. The van der Waals surface area contributed by atoms with Crippen LogP contribution >= 0.6 is 0 Å². The maximum absolute atomic E-state index is 11.7. The molecule has 1 aliphatic heterocycles. The fourth-order valence-electron chi connectivity index (χ4n) is 1.74. The standard InChI is InChI=1S/C10H11NO5/c12-6-2-3-7(16-10(14)15)8(9(6)13)11-4-1-5-11/h2-3,8,12H,1,4-5H2,(H,14,15). The Bertz CT molecular complexity index is 394. The first-order chi connectivity index (χ1) is 7.59. The normalized spacial score (nSPS) is 25.5. The van der Waals surface area contributed by atoms with E-state index in [2.05, 4.69) is 4.74 Å². The van der Waals surface area contributed by atoms with E-state index in [-0.39, 0.29) is 11.5 Å². The van der Waals surface area contributed by atoms with Gasteiger partial charge in [0.25, 0.3) is 0 Å². The fourth-order valence-corrected chi connectivity index (χ4v) is 1.74. The Morgan fingerprint density at radius 1 is 1.44 bits per heavy atom. The molecule has 1 unspecified atom stereocenters. The van der Waals surface area contributed by atoms with Crippen molar-refractivity contribution < 1.29 is 24.5 Å². The van der Waals surface area contributed by atoms with E-state index in [0.717, 1.165) is 12.5 Å². The second-order valence-electron chi connectivity index (χ2n) is 3.65. The van der Waals surface area contributed by atoms with Gasteiger partial charge in [-0.1, -0.05) is 0 Å². The average Bonchev–Trinajstić information content (AvgIpc) is 2.13. The molecule has 0 bridgehead atoms. The summed E-state index contributed by atoms with van der Waals surface area (Å²) in [5.74, 6) is -0.830. The van der Waals surface area contributed by atoms with Crippen molar-refractivity contribution in [3.05, 3.63) is 23.7 Å². The number of aliphatic hydroxyl groups is 1. The summed E-state index contributed by atoms with van der Waals surface area (Å²) in [5.41, 5.74) is 0. The van der Waals surface area contributed by atoms with Crippen molar-refractivity contribution in [2.75, 3.05) is 13.1 Å². The molecule has 0 aromatic rings. The first-order valence-corrected chi connectivity index (χ1v) is 4.89. The number of likely N-dealkylation sites (tertiary alicyclic amines) is 1. The van der Waals surface area contributed by atoms with Gasteiger partial charge in [0.15, 0.2) is 5.76 Å². The zero-order valence-corrected chi connectivity index (χ0v) is 8.42. The number of carbonyl (C=O) groups is 2. The van der Waals surface area contributed by atoms with Gasteiger partial charge in [0.2, 0.25) is 5.78 Å². The Morgan fingerprint density at radius 3 is 2.62 bits per heavy atom. The predicted octanol–water partition coefficient (Wildman–Crippen LogP) is 0.664. The van der Waals surface area contributed by atoms with Crippen molar-refractivity contribution >= 4 is 11.9 Å². The van der Waals surface area contributed by atoms with Crippen LogP contribution in [0.3, 0.4) is 0 Å². The lowest BCUT2D eigenvalue weighted by molar-refractivity contribution is -0.124. The molecule has 0 amide bonds. The molecule has 0 spiro atoms. The number of hydrogen-bond acceptors (Lipinski definition) is 5. The van der Waals surface area contributed by atoms with Crippen LogP contribution in [0.4, 0.5) is 4.79 Å². The van der Waals surface area contributed by atoms with Gasteiger partial charge in [0.1, 0.15) is 11.8 Å². The molecule has 0 aromatic heterocycles. The molecule has 1 aliphatic carbocycles. The third-order valence-electron chi connectivity index (χ3n) is 2.64. The van der Waals surface area contributed by atoms with E-state index in [1.54, 1.807) is 4.90 Å². The summed E-state index contributed by atoms with van der Waals surface area (Å²) in [6, 6.07) is -0.796. The van der Waals surface area contributed by atoms with E-state index < -0.39 is 18.0 Å². The summed E-state index contributed by atoms with van der Waals surface area (Å²) in [6.45, 7) is 1.40. The second-order valence-corrected chi connectivity index (χ2v) is 3.65. The molecule has 2 rings (SSSR count). The summed E-state index contributed by atoms with van der Waals surface area (Å²) in [7, 11) is 0. The Kier molecular flexibility index (Phi) is 2.66. The molecule has 1 fully saturated rings. The minimum Gasteiger partial charge on any atom is -0.504 e. The van der Waals surface area contributed by atoms with Crippen LogP contribution < -0.4 is 0 Å². The second kappa shape index (κ2) is 3.97. The van der Waals surface area contributed by atoms with Crippen molar-refractivity contribution in [3.63, 3.8) is 0 Å². The topological polar surface area (TPSA) is 87.1 Å². The number of Topliss-reactive ketones (excluding diaryl/α,β-unsaturated/α-hetero) is 1. The monoisotopic (exact) mass is 225 g/mol. The highest BCUT2D eigenvalue weighted by Crippen LogP contribution is 2.24. The number of rotatable bonds is 2. The quantitative estimate of drug-likeness (QED) is 0.671. The van der Waals surface area contributed by atoms with Gasteiger partial charge < -0.3 is 14.9 Å². The summed E-state index contributed by atoms with van der Waals surface area (Å²) < 4.78 is 4.54. The summed E-state index contributed by atoms with van der Waals surface area (Å²) >= 11 is 0. The Morgan fingerprint density at radius 2 is 2.12 bits per heavy atom. The third kappa shape index (κ3) is 1.79. The summed E-state index contributed by atoms with van der Waals surface area (Å²) in [5, 5.41) is 17.8. The van der Waals surface area contributed by atoms with Crippen LogP contribution in [0, 0.1) is 0 Å². The van der Waals surface area contributed by atoms with E-state index in [1.165, 1.54) is 6.08 Å². The third-order valence-corrected chi connectivity index (χ3v) is 2.64. The van der Waals surface area contributed by atoms with Crippen molar-refractivity contribution in [1.29, 1.82) is 0 Å². The van der Waals surface area contributed by atoms with E-state index >= 15 is 0 Å². The minimum absolute atomic E-state index is 0.0509. The molecule has 6 heteroatoms. The molecular weight excluding hydrogens is 214 g/mol. The van der Waals surface area contributed by atoms with Crippen molar-refractivity contribution in [1.82, 2.24) is 4.90 Å². The Balaban J connectivity index is 2.23. The molecule has 0 aromatic carbocycles. The van der Waals surface area contributed by atoms with Gasteiger partial charge in [-0.2, -0.15) is 0 Å². The van der Waals surface area contributed by atoms with Crippen LogP contribution in [0.2, 0.25) is 0 Å². The van der Waals surface area contributed by atoms with E-state index in [1.807, 2.05) is 0 Å². The highest BCUT2D eigenvalue weighted by molar-refractivity contribution is 6.01. The molecule has 1 atom stereocenters. The first-order valence-electron chi connectivity index (χ1n) is 4.89. The van der Waals surface area contributed by atoms with Crippen molar-refractivity contribution in [3.8, 4) is 0 Å². The maximum Gasteiger partial charge on any atom is 0.511 e. The molecule has 0 saturated carbocycles. The zero-order chi connectivity index (χ0) is 11.7. The largest absolute Gasteiger partial charge is 0.511 e. The molecule has 2 N–H and O–H groups in total. The molecule has 2 aliphatic rings. The first kappa shape index (κ1) is 10.7. The number of hydrogen-bond donors (Lipinski definition) is 2. The summed E-state index contributed by atoms with van der Waals surface area (Å²) in [4.78, 5) is 23.9. The van der Waals surface area contributed by atoms with Gasteiger partial charge in [0.05, 0.1) is 0 Å². The van der Waals surface area contributed by atoms with Crippen LogP contribution in [0.15, 0.2) is 23.7 Å². The minimum atomic E-state index is -1.46. The molecule has 86 valence electrons. The Hall–Kier alpha value is -1.82. The smallest absolute Gasteiger partial charge is 0.504 e. The zero-order valence-electron chi connectivity index (χ0n) is 8.42. The van der Waals surface area contributed by atoms with Crippen molar-refractivity contribution in [2.45, 2.75) is 12.5 Å². The fraction of sp³-hybridized carbons (Fsp3) is 0.400. The van der Waals surface area contributed by atoms with Crippen LogP contribution in [-0.2, 0) is 9.53 Å². The van der Waals surface area contributed by atoms with Crippen molar-refractivity contribution in [2.24, 2.45) is 0 Å². The van der Waals surface area contributed by atoms with Gasteiger partial charge in [0, 0.05) is 13.1 Å². The summed E-state index contributed by atoms with van der Waals surface area (Å²) in [6.07, 6.45) is 1.96. The number of aliphatic hydroxyl groups excluding tert-OH is 1. The van der Waals surface area contributed by atoms with Crippen LogP contribution in [0.25, 0.3) is 0 Å². The van der Waals surface area contributed by atoms with Gasteiger partial charge in [-0.15, -0.1) is 0 Å². The lowest BCUT2D eigenvalue weighted by atomic mass is 9.98. The maximum atomic E-state index is 11.7. The average molecular weight is 225 g/mol. The van der Waals surface area contributed by atoms with Crippen LogP contribution in [0.1, 0.15) is 6.42 Å². The lowest BCUT2D eigenvalue weighted by Gasteiger charge is -2.38. The number of allylic oxidation sites excluding steroid dienone is 2. The Labute approximate surface area is 91.4 Å². The molecule has 6 nitrogen and oxygen atoms in total. The van der Waals surface area contributed by atoms with Gasteiger partial charge in [-0.25, -0.2) is 4.79 Å². The SMILES string of the molecule is O=C(O)OC1=CC=C(O)C(=O)C1N1CCC1.